The van der Waals surface area contributed by atoms with E-state index in [9.17, 15) is 0 Å². The molecule has 0 amide bonds. The molecule has 1 heterocycles. The van der Waals surface area contributed by atoms with Gasteiger partial charge in [-0.3, -0.25) is 4.68 Å². The van der Waals surface area contributed by atoms with Gasteiger partial charge in [0.25, 0.3) is 0 Å². The van der Waals surface area contributed by atoms with Crippen molar-refractivity contribution in [2.24, 2.45) is 12.5 Å². The molecule has 0 radical (unpaired) electrons. The molecule has 2 nitrogen and oxygen atoms in total. The summed E-state index contributed by atoms with van der Waals surface area (Å²) in [6.45, 7) is 2.08. The third kappa shape index (κ3) is 2.89. The second-order valence-corrected chi connectivity index (χ2v) is 4.31. The van der Waals surface area contributed by atoms with Crippen molar-refractivity contribution >= 4 is 23.2 Å². The quantitative estimate of drug-likeness (QED) is 0.714. The number of alkyl halides is 2. The van der Waals surface area contributed by atoms with Crippen LogP contribution in [-0.2, 0) is 13.5 Å². The fraction of sp³-hybridized carbons (Fsp3) is 0.667. The summed E-state index contributed by atoms with van der Waals surface area (Å²) in [7, 11) is 1.90. The van der Waals surface area contributed by atoms with Crippen LogP contribution in [0.15, 0.2) is 12.4 Å². The Bertz CT molecular complexity index is 266. The lowest BCUT2D eigenvalue weighted by Gasteiger charge is -2.22. The highest BCUT2D eigenvalue weighted by Gasteiger charge is 2.23. The van der Waals surface area contributed by atoms with Crippen LogP contribution in [0.25, 0.3) is 0 Å². The van der Waals surface area contributed by atoms with Crippen molar-refractivity contribution in [2.75, 3.05) is 11.8 Å². The van der Waals surface area contributed by atoms with E-state index in [1.807, 2.05) is 19.4 Å². The van der Waals surface area contributed by atoms with Gasteiger partial charge in [0.05, 0.1) is 6.20 Å². The molecule has 0 aromatic carbocycles. The number of aryl methyl sites for hydroxylation is 1. The van der Waals surface area contributed by atoms with Gasteiger partial charge in [-0.25, -0.2) is 0 Å². The van der Waals surface area contributed by atoms with E-state index in [1.54, 1.807) is 4.68 Å². The zero-order valence-corrected chi connectivity index (χ0v) is 9.44. The summed E-state index contributed by atoms with van der Waals surface area (Å²) in [6.07, 6.45) is 4.74. The summed E-state index contributed by atoms with van der Waals surface area (Å²) >= 11 is 11.7. The van der Waals surface area contributed by atoms with E-state index >= 15 is 0 Å². The summed E-state index contributed by atoms with van der Waals surface area (Å²) in [4.78, 5) is 0. The second kappa shape index (κ2) is 4.34. The highest BCUT2D eigenvalue weighted by Crippen LogP contribution is 2.25. The molecule has 0 aliphatic heterocycles. The van der Waals surface area contributed by atoms with Gasteiger partial charge in [0.15, 0.2) is 0 Å². The van der Waals surface area contributed by atoms with Crippen LogP contribution in [-0.4, -0.2) is 21.5 Å². The molecule has 0 saturated heterocycles. The molecule has 0 aliphatic carbocycles. The summed E-state index contributed by atoms with van der Waals surface area (Å²) in [5.74, 6) is 1.15. The van der Waals surface area contributed by atoms with Gasteiger partial charge in [-0.05, 0) is 17.4 Å². The molecule has 0 saturated carbocycles. The lowest BCUT2D eigenvalue weighted by molar-refractivity contribution is 0.425. The smallest absolute Gasteiger partial charge is 0.0521 e. The fourth-order valence-electron chi connectivity index (χ4n) is 1.19. The van der Waals surface area contributed by atoms with Crippen molar-refractivity contribution < 1.29 is 0 Å². The first-order chi connectivity index (χ1) is 6.09. The van der Waals surface area contributed by atoms with Crippen molar-refractivity contribution in [3.05, 3.63) is 18.0 Å². The van der Waals surface area contributed by atoms with Crippen LogP contribution in [0.4, 0.5) is 0 Å². The lowest BCUT2D eigenvalue weighted by atomic mass is 9.89. The van der Waals surface area contributed by atoms with Crippen LogP contribution in [0.3, 0.4) is 0 Å². The number of hydrogen-bond donors (Lipinski definition) is 0. The molecular formula is C9H14Cl2N2. The molecule has 13 heavy (non-hydrogen) atoms. The maximum absolute atomic E-state index is 5.85. The largest absolute Gasteiger partial charge is 0.276 e. The minimum Gasteiger partial charge on any atom is -0.276 e. The summed E-state index contributed by atoms with van der Waals surface area (Å²) < 4.78 is 1.79. The van der Waals surface area contributed by atoms with Gasteiger partial charge in [0.1, 0.15) is 0 Å². The second-order valence-electron chi connectivity index (χ2n) is 3.78. The molecule has 0 spiro atoms. The maximum atomic E-state index is 5.85. The van der Waals surface area contributed by atoms with Gasteiger partial charge in [-0.15, -0.1) is 23.2 Å². The molecule has 0 atom stereocenters. The first-order valence-electron chi connectivity index (χ1n) is 4.19. The van der Waals surface area contributed by atoms with Gasteiger partial charge < -0.3 is 0 Å². The average molecular weight is 221 g/mol. The molecule has 0 N–H and O–H groups in total. The van der Waals surface area contributed by atoms with Gasteiger partial charge in [0.2, 0.25) is 0 Å². The van der Waals surface area contributed by atoms with Crippen LogP contribution >= 0.6 is 23.2 Å². The van der Waals surface area contributed by atoms with Crippen LogP contribution in [0.2, 0.25) is 0 Å². The maximum Gasteiger partial charge on any atom is 0.0521 e. The van der Waals surface area contributed by atoms with Gasteiger partial charge in [-0.2, -0.15) is 5.10 Å². The Hall–Kier alpha value is -0.210. The standard InChI is InChI=1S/C9H14Cl2N2/c1-9(6-10,7-11)3-8-4-12-13(2)5-8/h4-5H,3,6-7H2,1-2H3. The van der Waals surface area contributed by atoms with E-state index < -0.39 is 0 Å². The normalized spacial score (nSPS) is 12.0. The Morgan fingerprint density at radius 2 is 2.08 bits per heavy atom. The fourth-order valence-corrected chi connectivity index (χ4v) is 1.66. The summed E-state index contributed by atoms with van der Waals surface area (Å²) in [5, 5.41) is 4.10. The van der Waals surface area contributed by atoms with Crippen molar-refractivity contribution in [3.8, 4) is 0 Å². The van der Waals surface area contributed by atoms with E-state index in [4.69, 9.17) is 23.2 Å². The van der Waals surface area contributed by atoms with E-state index in [0.717, 1.165) is 6.42 Å². The van der Waals surface area contributed by atoms with Crippen LogP contribution in [0.1, 0.15) is 12.5 Å². The third-order valence-corrected chi connectivity index (χ3v) is 3.32. The Balaban J connectivity index is 2.67. The van der Waals surface area contributed by atoms with Gasteiger partial charge >= 0.3 is 0 Å². The SMILES string of the molecule is Cn1cc(CC(C)(CCl)CCl)cn1. The number of halogens is 2. The van der Waals surface area contributed by atoms with E-state index in [1.165, 1.54) is 5.56 Å². The van der Waals surface area contributed by atoms with Crippen LogP contribution in [0, 0.1) is 5.41 Å². The number of hydrogen-bond acceptors (Lipinski definition) is 1. The molecule has 0 aliphatic rings. The summed E-state index contributed by atoms with van der Waals surface area (Å²) in [5.41, 5.74) is 1.16. The molecule has 1 rings (SSSR count). The molecule has 0 bridgehead atoms. The topological polar surface area (TPSA) is 17.8 Å². The van der Waals surface area contributed by atoms with Crippen LogP contribution in [0.5, 0.6) is 0 Å². The third-order valence-electron chi connectivity index (χ3n) is 2.03. The highest BCUT2D eigenvalue weighted by atomic mass is 35.5. The van der Waals surface area contributed by atoms with Gasteiger partial charge in [0, 0.05) is 25.0 Å². The first-order valence-corrected chi connectivity index (χ1v) is 5.26. The Morgan fingerprint density at radius 1 is 1.46 bits per heavy atom. The summed E-state index contributed by atoms with van der Waals surface area (Å²) in [6, 6.07) is 0. The number of aromatic nitrogens is 2. The van der Waals surface area contributed by atoms with Crippen molar-refractivity contribution in [2.45, 2.75) is 13.3 Å². The van der Waals surface area contributed by atoms with Crippen molar-refractivity contribution in [1.82, 2.24) is 9.78 Å². The molecule has 74 valence electrons. The Kier molecular flexibility index (Phi) is 3.63. The molecular weight excluding hydrogens is 207 g/mol. The van der Waals surface area contributed by atoms with Crippen molar-refractivity contribution in [3.63, 3.8) is 0 Å². The molecule has 0 fully saturated rings. The molecule has 1 aromatic rings. The van der Waals surface area contributed by atoms with E-state index in [0.29, 0.717) is 11.8 Å². The van der Waals surface area contributed by atoms with Crippen LogP contribution < -0.4 is 0 Å². The number of nitrogens with zero attached hydrogens (tertiary/aromatic N) is 2. The lowest BCUT2D eigenvalue weighted by Crippen LogP contribution is -2.23. The average Bonchev–Trinajstić information content (AvgIpc) is 2.51. The van der Waals surface area contributed by atoms with E-state index in [-0.39, 0.29) is 5.41 Å². The van der Waals surface area contributed by atoms with E-state index in [2.05, 4.69) is 12.0 Å². The highest BCUT2D eigenvalue weighted by molar-refractivity contribution is 6.21. The monoisotopic (exact) mass is 220 g/mol. The molecule has 1 aromatic heterocycles. The predicted molar refractivity (Wildman–Crippen MR) is 56.5 cm³/mol. The molecule has 4 heteroatoms. The van der Waals surface area contributed by atoms with Crippen molar-refractivity contribution in [1.29, 1.82) is 0 Å². The Labute approximate surface area is 88.8 Å². The first kappa shape index (κ1) is 10.9. The Morgan fingerprint density at radius 3 is 2.46 bits per heavy atom. The minimum atomic E-state index is -0.0217. The zero-order valence-electron chi connectivity index (χ0n) is 7.93. The number of rotatable bonds is 4. The minimum absolute atomic E-state index is 0.0217. The molecule has 0 unspecified atom stereocenters. The van der Waals surface area contributed by atoms with Gasteiger partial charge in [-0.1, -0.05) is 6.92 Å². The predicted octanol–water partition coefficient (Wildman–Crippen LogP) is 2.45. The zero-order chi connectivity index (χ0) is 9.90.